The summed E-state index contributed by atoms with van der Waals surface area (Å²) in [6, 6.07) is 41.7. The number of halogens is 1. The lowest BCUT2D eigenvalue weighted by atomic mass is 10.1. The van der Waals surface area contributed by atoms with Crippen molar-refractivity contribution in [3.8, 4) is 34.3 Å². The summed E-state index contributed by atoms with van der Waals surface area (Å²) in [5, 5.41) is 1.17. The average Bonchev–Trinajstić information content (AvgIpc) is 3.44. The number of rotatable bonds is 14. The van der Waals surface area contributed by atoms with Gasteiger partial charge in [0.25, 0.3) is 0 Å². The number of methoxy groups -OCH3 is 1. The lowest BCUT2D eigenvalue weighted by molar-refractivity contribution is 0.180. The highest BCUT2D eigenvalue weighted by Crippen LogP contribution is 2.38. The van der Waals surface area contributed by atoms with Crippen LogP contribution >= 0.6 is 17.0 Å². The Morgan fingerprint density at radius 2 is 1.25 bits per heavy atom. The third kappa shape index (κ3) is 8.96. The van der Waals surface area contributed by atoms with Crippen molar-refractivity contribution in [2.45, 2.75) is 45.9 Å². The Kier molecular flexibility index (Phi) is 12.4. The predicted molar refractivity (Wildman–Crippen MR) is 212 cm³/mol. The minimum absolute atomic E-state index is 0. The van der Waals surface area contributed by atoms with Crippen LogP contribution in [0.5, 0.6) is 23.0 Å². The molecular formula is C44H47BrN2O4. The van der Waals surface area contributed by atoms with Gasteiger partial charge in [-0.25, -0.2) is 0 Å². The van der Waals surface area contributed by atoms with Crippen LogP contribution in [0.4, 0.5) is 0 Å². The molecule has 1 aromatic heterocycles. The molecule has 1 aliphatic heterocycles. The molecular weight excluding hydrogens is 700 g/mol. The van der Waals surface area contributed by atoms with Crippen molar-refractivity contribution in [2.24, 2.45) is 0 Å². The summed E-state index contributed by atoms with van der Waals surface area (Å²) in [5.41, 5.74) is 8.06. The Balaban J connectivity index is 0.00000448. The van der Waals surface area contributed by atoms with E-state index in [1.807, 2.05) is 36.4 Å². The van der Waals surface area contributed by atoms with E-state index < -0.39 is 0 Å². The summed E-state index contributed by atoms with van der Waals surface area (Å²) < 4.78 is 26.9. The second-order valence-electron chi connectivity index (χ2n) is 13.0. The van der Waals surface area contributed by atoms with Gasteiger partial charge in [-0.3, -0.25) is 4.90 Å². The molecule has 0 radical (unpaired) electrons. The Bertz CT molecular complexity index is 1990. The van der Waals surface area contributed by atoms with Crippen molar-refractivity contribution in [1.29, 1.82) is 0 Å². The van der Waals surface area contributed by atoms with Crippen LogP contribution in [0.25, 0.3) is 22.2 Å². The van der Waals surface area contributed by atoms with Gasteiger partial charge < -0.3 is 23.5 Å². The SMILES string of the molecule is Br.COc1cc(Cn2c(-c3ccc(OCc4ccccc4)cc3)c(C)c3cc(OCc4ccccc4)ccc32)ccc1OCCN1CCCCC1. The number of fused-ring (bicyclic) bond motifs is 1. The highest BCUT2D eigenvalue weighted by Gasteiger charge is 2.19. The van der Waals surface area contributed by atoms with Crippen LogP contribution in [0.2, 0.25) is 0 Å². The van der Waals surface area contributed by atoms with E-state index in [4.69, 9.17) is 18.9 Å². The number of likely N-dealkylation sites (tertiary alicyclic amines) is 1. The topological polar surface area (TPSA) is 45.1 Å². The van der Waals surface area contributed by atoms with Crippen LogP contribution in [-0.2, 0) is 19.8 Å². The molecule has 2 heterocycles. The first-order valence-electron chi connectivity index (χ1n) is 17.7. The maximum Gasteiger partial charge on any atom is 0.161 e. The van der Waals surface area contributed by atoms with E-state index in [1.54, 1.807) is 7.11 Å². The fourth-order valence-corrected chi connectivity index (χ4v) is 6.90. The molecule has 51 heavy (non-hydrogen) atoms. The Hall–Kier alpha value is -4.72. The van der Waals surface area contributed by atoms with Crippen LogP contribution in [-0.4, -0.2) is 42.8 Å². The number of hydrogen-bond acceptors (Lipinski definition) is 5. The van der Waals surface area contributed by atoms with E-state index in [-0.39, 0.29) is 17.0 Å². The van der Waals surface area contributed by atoms with E-state index >= 15 is 0 Å². The van der Waals surface area contributed by atoms with Gasteiger partial charge in [0.05, 0.1) is 12.8 Å². The normalized spacial score (nSPS) is 13.1. The molecule has 7 rings (SSSR count). The summed E-state index contributed by atoms with van der Waals surface area (Å²) >= 11 is 0. The van der Waals surface area contributed by atoms with Crippen molar-refractivity contribution in [1.82, 2.24) is 9.47 Å². The smallest absolute Gasteiger partial charge is 0.161 e. The second-order valence-corrected chi connectivity index (χ2v) is 13.0. The summed E-state index contributed by atoms with van der Waals surface area (Å²) in [6.45, 7) is 7.85. The van der Waals surface area contributed by atoms with Crippen molar-refractivity contribution >= 4 is 27.9 Å². The van der Waals surface area contributed by atoms with Gasteiger partial charge in [-0.15, -0.1) is 17.0 Å². The summed E-state index contributed by atoms with van der Waals surface area (Å²) in [4.78, 5) is 2.49. The van der Waals surface area contributed by atoms with Crippen molar-refractivity contribution < 1.29 is 18.9 Å². The molecule has 0 atom stereocenters. The first-order valence-corrected chi connectivity index (χ1v) is 17.7. The molecule has 7 heteroatoms. The van der Waals surface area contributed by atoms with E-state index in [9.17, 15) is 0 Å². The quantitative estimate of drug-likeness (QED) is 0.111. The molecule has 1 aliphatic rings. The molecule has 0 spiro atoms. The minimum Gasteiger partial charge on any atom is -0.493 e. The maximum absolute atomic E-state index is 6.26. The Morgan fingerprint density at radius 3 is 1.92 bits per heavy atom. The number of nitrogens with zero attached hydrogens (tertiary/aromatic N) is 2. The van der Waals surface area contributed by atoms with Gasteiger partial charge in [0.1, 0.15) is 31.3 Å². The minimum atomic E-state index is 0. The first kappa shape index (κ1) is 36.1. The lowest BCUT2D eigenvalue weighted by Gasteiger charge is -2.26. The highest BCUT2D eigenvalue weighted by molar-refractivity contribution is 8.93. The summed E-state index contributed by atoms with van der Waals surface area (Å²) in [5.74, 6) is 3.24. The molecule has 1 saturated heterocycles. The number of benzene rings is 5. The van der Waals surface area contributed by atoms with Crippen molar-refractivity contribution in [3.05, 3.63) is 144 Å². The average molecular weight is 748 g/mol. The molecule has 5 aromatic carbocycles. The molecule has 0 unspecified atom stereocenters. The van der Waals surface area contributed by atoms with Crippen LogP contribution < -0.4 is 18.9 Å². The van der Waals surface area contributed by atoms with Gasteiger partial charge in [-0.05, 0) is 115 Å². The largest absolute Gasteiger partial charge is 0.493 e. The third-order valence-corrected chi connectivity index (χ3v) is 9.59. The highest BCUT2D eigenvalue weighted by atomic mass is 79.9. The van der Waals surface area contributed by atoms with E-state index in [2.05, 4.69) is 101 Å². The summed E-state index contributed by atoms with van der Waals surface area (Å²) in [7, 11) is 1.72. The number of aryl methyl sites for hydroxylation is 1. The monoisotopic (exact) mass is 746 g/mol. The predicted octanol–water partition coefficient (Wildman–Crippen LogP) is 10.3. The molecule has 0 N–H and O–H groups in total. The van der Waals surface area contributed by atoms with Crippen LogP contribution in [0.3, 0.4) is 0 Å². The van der Waals surface area contributed by atoms with E-state index in [0.29, 0.717) is 26.4 Å². The molecule has 0 aliphatic carbocycles. The van der Waals surface area contributed by atoms with Crippen LogP contribution in [0.15, 0.2) is 121 Å². The van der Waals surface area contributed by atoms with E-state index in [1.165, 1.54) is 30.2 Å². The standard InChI is InChI=1S/C44H46N2O4.BrH/c1-33-40-29-39(50-32-35-14-8-4-9-15-35)21-22-41(40)46(44(33)37-17-19-38(20-18-37)49-31-34-12-6-3-7-13-34)30-36-16-23-42(43(28-36)47-2)48-27-26-45-24-10-5-11-25-45;/h3-4,6-9,12-23,28-29H,5,10-11,24-27,30-32H2,1-2H3;1H. The molecule has 6 aromatic rings. The zero-order valence-electron chi connectivity index (χ0n) is 29.6. The van der Waals surface area contributed by atoms with Crippen molar-refractivity contribution in [3.63, 3.8) is 0 Å². The fourth-order valence-electron chi connectivity index (χ4n) is 6.90. The zero-order chi connectivity index (χ0) is 34.1. The fraction of sp³-hybridized carbons (Fsp3) is 0.273. The molecule has 264 valence electrons. The number of piperidine rings is 1. The number of ether oxygens (including phenoxy) is 4. The van der Waals surface area contributed by atoms with Gasteiger partial charge in [0.2, 0.25) is 0 Å². The molecule has 0 amide bonds. The zero-order valence-corrected chi connectivity index (χ0v) is 31.3. The van der Waals surface area contributed by atoms with Gasteiger partial charge in [-0.1, -0.05) is 73.2 Å². The summed E-state index contributed by atoms with van der Waals surface area (Å²) in [6.07, 6.45) is 3.89. The van der Waals surface area contributed by atoms with Gasteiger partial charge in [0, 0.05) is 24.0 Å². The Labute approximate surface area is 312 Å². The van der Waals surface area contributed by atoms with Gasteiger partial charge in [-0.2, -0.15) is 0 Å². The van der Waals surface area contributed by atoms with Crippen LogP contribution in [0.1, 0.15) is 41.5 Å². The molecule has 1 fully saturated rings. The molecule has 6 nitrogen and oxygen atoms in total. The maximum atomic E-state index is 6.26. The first-order chi connectivity index (χ1) is 24.6. The second kappa shape index (κ2) is 17.5. The van der Waals surface area contributed by atoms with Gasteiger partial charge in [0.15, 0.2) is 11.5 Å². The third-order valence-electron chi connectivity index (χ3n) is 9.59. The molecule has 0 bridgehead atoms. The number of hydrogen-bond donors (Lipinski definition) is 0. The number of aromatic nitrogens is 1. The lowest BCUT2D eigenvalue weighted by Crippen LogP contribution is -2.33. The van der Waals surface area contributed by atoms with Crippen LogP contribution in [0, 0.1) is 6.92 Å². The van der Waals surface area contributed by atoms with Gasteiger partial charge >= 0.3 is 0 Å². The molecule has 0 saturated carbocycles. The van der Waals surface area contributed by atoms with Crippen molar-refractivity contribution in [2.75, 3.05) is 33.4 Å². The Morgan fingerprint density at radius 1 is 0.608 bits per heavy atom. The van der Waals surface area contributed by atoms with E-state index in [0.717, 1.165) is 76.1 Å².